The number of aromatic nitrogens is 4. The lowest BCUT2D eigenvalue weighted by molar-refractivity contribution is 0.751. The summed E-state index contributed by atoms with van der Waals surface area (Å²) in [5.41, 5.74) is 9.13. The van der Waals surface area contributed by atoms with Crippen LogP contribution in [-0.2, 0) is 7.05 Å². The van der Waals surface area contributed by atoms with Crippen LogP contribution in [0.4, 0.5) is 23.1 Å². The second-order valence-electron chi connectivity index (χ2n) is 8.04. The maximum absolute atomic E-state index is 4.76. The first-order valence-electron chi connectivity index (χ1n) is 10.1. The Kier molecular flexibility index (Phi) is 4.94. The van der Waals surface area contributed by atoms with Crippen LogP contribution in [0.25, 0.3) is 10.9 Å². The number of hydrogen-bond acceptors (Lipinski definition) is 5. The molecule has 0 atom stereocenters. The Labute approximate surface area is 177 Å². The van der Waals surface area contributed by atoms with E-state index in [2.05, 4.69) is 79.2 Å². The van der Waals surface area contributed by atoms with Gasteiger partial charge in [-0.1, -0.05) is 6.07 Å². The van der Waals surface area contributed by atoms with Crippen LogP contribution in [0, 0.1) is 34.6 Å². The van der Waals surface area contributed by atoms with E-state index in [4.69, 9.17) is 4.98 Å². The zero-order valence-electron chi connectivity index (χ0n) is 18.7. The van der Waals surface area contributed by atoms with Crippen molar-refractivity contribution in [1.82, 2.24) is 19.7 Å². The predicted octanol–water partition coefficient (Wildman–Crippen LogP) is 5.42. The normalized spacial score (nSPS) is 11.2. The highest BCUT2D eigenvalue weighted by molar-refractivity contribution is 5.87. The fourth-order valence-corrected chi connectivity index (χ4v) is 3.77. The number of fused-ring (bicyclic) bond motifs is 1. The smallest absolute Gasteiger partial charge is 0.229 e. The quantitative estimate of drug-likeness (QED) is 0.496. The lowest BCUT2D eigenvalue weighted by Crippen LogP contribution is -2.13. The Balaban J connectivity index is 1.68. The van der Waals surface area contributed by atoms with E-state index in [0.717, 1.165) is 22.7 Å². The predicted molar refractivity (Wildman–Crippen MR) is 124 cm³/mol. The number of anilines is 4. The summed E-state index contributed by atoms with van der Waals surface area (Å²) >= 11 is 0. The van der Waals surface area contributed by atoms with Crippen molar-refractivity contribution in [2.24, 2.45) is 7.05 Å². The molecule has 2 aromatic heterocycles. The van der Waals surface area contributed by atoms with Crippen molar-refractivity contribution < 1.29 is 0 Å². The SMILES string of the molecule is Cc1cc(C)c(Nc2nccc(N(C)c3cc4nn(C)c(C)c4cc3C)n2)cc1C. The Hall–Kier alpha value is -3.41. The van der Waals surface area contributed by atoms with Crippen LogP contribution in [0.1, 0.15) is 27.9 Å². The lowest BCUT2D eigenvalue weighted by atomic mass is 10.1. The largest absolute Gasteiger partial charge is 0.329 e. The Morgan fingerprint density at radius 3 is 2.40 bits per heavy atom. The van der Waals surface area contributed by atoms with Gasteiger partial charge >= 0.3 is 0 Å². The van der Waals surface area contributed by atoms with Crippen molar-refractivity contribution in [2.75, 3.05) is 17.3 Å². The number of benzene rings is 2. The lowest BCUT2D eigenvalue weighted by Gasteiger charge is -2.21. The van der Waals surface area contributed by atoms with Gasteiger partial charge in [-0.05, 0) is 81.1 Å². The van der Waals surface area contributed by atoms with Gasteiger partial charge in [-0.25, -0.2) is 4.98 Å². The number of nitrogens with one attached hydrogen (secondary N) is 1. The fourth-order valence-electron chi connectivity index (χ4n) is 3.77. The number of nitrogens with zero attached hydrogens (tertiary/aromatic N) is 5. The van der Waals surface area contributed by atoms with Crippen molar-refractivity contribution in [3.05, 3.63) is 64.5 Å². The van der Waals surface area contributed by atoms with Crippen LogP contribution < -0.4 is 10.2 Å². The van der Waals surface area contributed by atoms with Crippen LogP contribution in [0.15, 0.2) is 36.5 Å². The van der Waals surface area contributed by atoms with Gasteiger partial charge in [0.1, 0.15) is 5.82 Å². The number of hydrogen-bond donors (Lipinski definition) is 1. The molecular weight excluding hydrogens is 372 g/mol. The van der Waals surface area contributed by atoms with Gasteiger partial charge in [0.2, 0.25) is 5.95 Å². The minimum Gasteiger partial charge on any atom is -0.329 e. The van der Waals surface area contributed by atoms with Gasteiger partial charge in [0.05, 0.1) is 5.52 Å². The molecule has 0 spiro atoms. The maximum Gasteiger partial charge on any atom is 0.229 e. The van der Waals surface area contributed by atoms with E-state index in [1.165, 1.54) is 33.3 Å². The van der Waals surface area contributed by atoms with Crippen LogP contribution in [0.3, 0.4) is 0 Å². The Morgan fingerprint density at radius 2 is 1.63 bits per heavy atom. The molecule has 0 unspecified atom stereocenters. The zero-order chi connectivity index (χ0) is 21.6. The number of rotatable bonds is 4. The zero-order valence-corrected chi connectivity index (χ0v) is 18.7. The van der Waals surface area contributed by atoms with Gasteiger partial charge in [-0.3, -0.25) is 4.68 Å². The van der Waals surface area contributed by atoms with Crippen LogP contribution in [0.5, 0.6) is 0 Å². The molecule has 0 saturated heterocycles. The Morgan fingerprint density at radius 1 is 0.900 bits per heavy atom. The van der Waals surface area contributed by atoms with Gasteiger partial charge in [-0.2, -0.15) is 10.1 Å². The summed E-state index contributed by atoms with van der Waals surface area (Å²) in [6.07, 6.45) is 1.79. The summed E-state index contributed by atoms with van der Waals surface area (Å²) in [6.45, 7) is 10.5. The van der Waals surface area contributed by atoms with Gasteiger partial charge < -0.3 is 10.2 Å². The van der Waals surface area contributed by atoms with E-state index in [9.17, 15) is 0 Å². The molecule has 0 aliphatic carbocycles. The molecule has 0 aliphatic rings. The molecule has 0 saturated carbocycles. The van der Waals surface area contributed by atoms with Crippen molar-refractivity contribution in [3.63, 3.8) is 0 Å². The van der Waals surface area contributed by atoms with Crippen LogP contribution in [0.2, 0.25) is 0 Å². The van der Waals surface area contributed by atoms with Crippen molar-refractivity contribution >= 4 is 34.0 Å². The molecule has 0 radical (unpaired) electrons. The molecule has 0 aliphatic heterocycles. The van der Waals surface area contributed by atoms with E-state index in [1.54, 1.807) is 6.20 Å². The topological polar surface area (TPSA) is 58.9 Å². The molecule has 4 aromatic rings. The highest BCUT2D eigenvalue weighted by atomic mass is 15.3. The fraction of sp³-hybridized carbons (Fsp3) is 0.292. The van der Waals surface area contributed by atoms with E-state index >= 15 is 0 Å². The number of aryl methyl sites for hydroxylation is 6. The molecule has 2 heterocycles. The van der Waals surface area contributed by atoms with Crippen molar-refractivity contribution in [2.45, 2.75) is 34.6 Å². The van der Waals surface area contributed by atoms with Crippen molar-refractivity contribution in [3.8, 4) is 0 Å². The first-order valence-corrected chi connectivity index (χ1v) is 10.1. The second-order valence-corrected chi connectivity index (χ2v) is 8.04. The minimum absolute atomic E-state index is 0.582. The molecule has 6 nitrogen and oxygen atoms in total. The van der Waals surface area contributed by atoms with Crippen LogP contribution >= 0.6 is 0 Å². The third kappa shape index (κ3) is 3.49. The average Bonchev–Trinajstić information content (AvgIpc) is 2.98. The molecule has 1 N–H and O–H groups in total. The summed E-state index contributed by atoms with van der Waals surface area (Å²) < 4.78 is 1.92. The highest BCUT2D eigenvalue weighted by Gasteiger charge is 2.14. The third-order valence-electron chi connectivity index (χ3n) is 5.88. The van der Waals surface area contributed by atoms with Gasteiger partial charge in [0, 0.05) is 42.7 Å². The summed E-state index contributed by atoms with van der Waals surface area (Å²) in [6, 6.07) is 10.6. The molecule has 154 valence electrons. The summed E-state index contributed by atoms with van der Waals surface area (Å²) in [5.74, 6) is 1.40. The third-order valence-corrected chi connectivity index (χ3v) is 5.88. The summed E-state index contributed by atoms with van der Waals surface area (Å²) in [5, 5.41) is 9.19. The molecule has 0 amide bonds. The maximum atomic E-state index is 4.76. The van der Waals surface area contributed by atoms with Gasteiger partial charge in [-0.15, -0.1) is 0 Å². The summed E-state index contributed by atoms with van der Waals surface area (Å²) in [7, 11) is 4.00. The standard InChI is InChI=1S/C24H28N6/c1-14-10-16(3)20(12-15(14)2)26-24-25-9-8-23(27-24)29(6)22-13-21-19(11-17(22)4)18(5)30(7)28-21/h8-13H,1-7H3,(H,25,26,27). The average molecular weight is 401 g/mol. The monoisotopic (exact) mass is 400 g/mol. The molecule has 6 heteroatoms. The van der Waals surface area contributed by atoms with E-state index in [1.807, 2.05) is 24.8 Å². The first-order chi connectivity index (χ1) is 14.2. The molecule has 2 aromatic carbocycles. The van der Waals surface area contributed by atoms with Crippen molar-refractivity contribution in [1.29, 1.82) is 0 Å². The summed E-state index contributed by atoms with van der Waals surface area (Å²) in [4.78, 5) is 11.3. The van der Waals surface area contributed by atoms with E-state index < -0.39 is 0 Å². The van der Waals surface area contributed by atoms with E-state index in [-0.39, 0.29) is 0 Å². The highest BCUT2D eigenvalue weighted by Crippen LogP contribution is 2.31. The molecular formula is C24H28N6. The van der Waals surface area contributed by atoms with E-state index in [0.29, 0.717) is 5.95 Å². The first kappa shape index (κ1) is 19.9. The van der Waals surface area contributed by atoms with Gasteiger partial charge in [0.25, 0.3) is 0 Å². The second kappa shape index (κ2) is 7.44. The molecule has 30 heavy (non-hydrogen) atoms. The van der Waals surface area contributed by atoms with Crippen LogP contribution in [-0.4, -0.2) is 26.8 Å². The molecule has 4 rings (SSSR count). The van der Waals surface area contributed by atoms with Gasteiger partial charge in [0.15, 0.2) is 0 Å². The Bertz CT molecular complexity index is 1250. The molecule has 0 fully saturated rings. The minimum atomic E-state index is 0.582. The molecule has 0 bridgehead atoms.